The average molecular weight is 233 g/mol. The molecule has 1 heterocycles. The fraction of sp³-hybridized carbons (Fsp3) is 0.375. The van der Waals surface area contributed by atoms with E-state index in [2.05, 4.69) is 20.5 Å². The Bertz CT molecular complexity index is 327. The Morgan fingerprint density at radius 3 is 2.86 bits per heavy atom. The number of aromatic nitrogens is 3. The minimum atomic E-state index is 0.0860. The van der Waals surface area contributed by atoms with Crippen LogP contribution in [0.5, 0.6) is 0 Å². The summed E-state index contributed by atoms with van der Waals surface area (Å²) in [5, 5.41) is 10.4. The molecule has 0 aliphatic carbocycles. The van der Waals surface area contributed by atoms with Crippen LogP contribution >= 0.6 is 23.2 Å². The van der Waals surface area contributed by atoms with E-state index >= 15 is 0 Å². The first-order valence-electron chi connectivity index (χ1n) is 4.14. The third-order valence-corrected chi connectivity index (χ3v) is 1.87. The van der Waals surface area contributed by atoms with E-state index < -0.39 is 0 Å². The summed E-state index contributed by atoms with van der Waals surface area (Å²) in [5.74, 6) is 0.469. The number of rotatable bonds is 4. The Labute approximate surface area is 92.4 Å². The molecule has 0 aliphatic heterocycles. The second kappa shape index (κ2) is 5.78. The summed E-state index contributed by atoms with van der Waals surface area (Å²) < 4.78 is 0. The van der Waals surface area contributed by atoms with Gasteiger partial charge in [-0.15, -0.1) is 10.2 Å². The van der Waals surface area contributed by atoms with Crippen molar-refractivity contribution < 1.29 is 0 Å². The van der Waals surface area contributed by atoms with Crippen LogP contribution in [0.2, 0.25) is 10.4 Å². The van der Waals surface area contributed by atoms with Crippen molar-refractivity contribution >= 4 is 29.0 Å². The molecular formula is C8H10Cl2N4. The zero-order valence-corrected chi connectivity index (χ0v) is 9.18. The fourth-order valence-electron chi connectivity index (χ4n) is 0.846. The highest BCUT2D eigenvalue weighted by molar-refractivity contribution is 6.32. The molecule has 0 fully saturated rings. The average Bonchev–Trinajstić information content (AvgIpc) is 2.18. The van der Waals surface area contributed by atoms with Gasteiger partial charge >= 0.3 is 0 Å². The lowest BCUT2D eigenvalue weighted by Crippen LogP contribution is -2.05. The molecule has 1 aromatic heterocycles. The summed E-state index contributed by atoms with van der Waals surface area (Å²) in [6.45, 7) is 2.70. The van der Waals surface area contributed by atoms with Crippen LogP contribution in [0.15, 0.2) is 12.2 Å². The quantitative estimate of drug-likeness (QED) is 0.641. The molecule has 0 aromatic carbocycles. The van der Waals surface area contributed by atoms with E-state index in [1.807, 2.05) is 19.1 Å². The molecule has 0 radical (unpaired) electrons. The fourth-order valence-corrected chi connectivity index (χ4v) is 1.12. The first-order valence-corrected chi connectivity index (χ1v) is 4.90. The zero-order valence-electron chi connectivity index (χ0n) is 7.67. The SMILES string of the molecule is C/C=C/CCNc1nc(Cl)nnc1Cl. The second-order valence-corrected chi connectivity index (χ2v) is 3.20. The number of nitrogens with zero attached hydrogens (tertiary/aromatic N) is 3. The topological polar surface area (TPSA) is 50.7 Å². The van der Waals surface area contributed by atoms with E-state index in [1.54, 1.807) is 0 Å². The zero-order chi connectivity index (χ0) is 10.4. The van der Waals surface area contributed by atoms with Crippen LogP contribution < -0.4 is 5.32 Å². The number of nitrogens with one attached hydrogen (secondary N) is 1. The molecule has 6 heteroatoms. The standard InChI is InChI=1S/C8H10Cl2N4/c1-2-3-4-5-11-7-6(9)13-14-8(10)12-7/h2-3H,4-5H2,1H3,(H,11,12,14)/b3-2+. The number of anilines is 1. The van der Waals surface area contributed by atoms with E-state index in [4.69, 9.17) is 23.2 Å². The van der Waals surface area contributed by atoms with Gasteiger partial charge in [-0.2, -0.15) is 4.98 Å². The molecule has 0 aliphatic rings. The predicted molar refractivity (Wildman–Crippen MR) is 57.8 cm³/mol. The highest BCUT2D eigenvalue weighted by Crippen LogP contribution is 2.16. The third-order valence-electron chi connectivity index (χ3n) is 1.46. The number of halogens is 2. The Balaban J connectivity index is 2.53. The van der Waals surface area contributed by atoms with E-state index in [0.717, 1.165) is 13.0 Å². The Kier molecular flexibility index (Phi) is 4.62. The molecule has 1 aromatic rings. The van der Waals surface area contributed by atoms with Crippen molar-refractivity contribution in [3.63, 3.8) is 0 Å². The van der Waals surface area contributed by atoms with Gasteiger partial charge in [0.05, 0.1) is 0 Å². The lowest BCUT2D eigenvalue weighted by Gasteiger charge is -2.03. The normalized spacial score (nSPS) is 10.8. The van der Waals surface area contributed by atoms with Gasteiger partial charge in [0, 0.05) is 6.54 Å². The molecule has 0 spiro atoms. The summed E-state index contributed by atoms with van der Waals surface area (Å²) in [6, 6.07) is 0. The van der Waals surface area contributed by atoms with Gasteiger partial charge in [-0.1, -0.05) is 23.8 Å². The van der Waals surface area contributed by atoms with Crippen LogP contribution in [0.4, 0.5) is 5.82 Å². The molecule has 1 N–H and O–H groups in total. The Hall–Kier alpha value is -0.870. The maximum absolute atomic E-state index is 5.73. The molecule has 0 bridgehead atoms. The molecule has 0 unspecified atom stereocenters. The summed E-state index contributed by atoms with van der Waals surface area (Å²) in [7, 11) is 0. The molecule has 0 saturated carbocycles. The minimum Gasteiger partial charge on any atom is -0.367 e. The van der Waals surface area contributed by atoms with Crippen molar-refractivity contribution in [2.45, 2.75) is 13.3 Å². The van der Waals surface area contributed by atoms with Gasteiger partial charge in [0.1, 0.15) is 0 Å². The Morgan fingerprint density at radius 1 is 1.36 bits per heavy atom. The highest BCUT2D eigenvalue weighted by Gasteiger charge is 2.03. The maximum atomic E-state index is 5.73. The van der Waals surface area contributed by atoms with Gasteiger partial charge in [-0.3, -0.25) is 0 Å². The lowest BCUT2D eigenvalue weighted by molar-refractivity contribution is 0.952. The van der Waals surface area contributed by atoms with Crippen molar-refractivity contribution in [1.82, 2.24) is 15.2 Å². The van der Waals surface area contributed by atoms with E-state index in [1.165, 1.54) is 0 Å². The molecule has 0 amide bonds. The Morgan fingerprint density at radius 2 is 2.14 bits per heavy atom. The summed E-state index contributed by atoms with van der Waals surface area (Å²) in [5.41, 5.74) is 0. The van der Waals surface area contributed by atoms with Crippen LogP contribution in [0.3, 0.4) is 0 Å². The van der Waals surface area contributed by atoms with Gasteiger partial charge in [0.2, 0.25) is 5.28 Å². The van der Waals surface area contributed by atoms with Crippen molar-refractivity contribution in [3.05, 3.63) is 22.6 Å². The van der Waals surface area contributed by atoms with E-state index in [-0.39, 0.29) is 10.4 Å². The van der Waals surface area contributed by atoms with Gasteiger partial charge in [-0.25, -0.2) is 0 Å². The molecule has 14 heavy (non-hydrogen) atoms. The van der Waals surface area contributed by atoms with Crippen molar-refractivity contribution in [1.29, 1.82) is 0 Å². The largest absolute Gasteiger partial charge is 0.367 e. The van der Waals surface area contributed by atoms with Crippen LogP contribution in [0, 0.1) is 0 Å². The summed E-state index contributed by atoms with van der Waals surface area (Å²) in [4.78, 5) is 3.90. The first-order chi connectivity index (χ1) is 6.74. The second-order valence-electron chi connectivity index (χ2n) is 2.50. The van der Waals surface area contributed by atoms with Crippen LogP contribution in [0.25, 0.3) is 0 Å². The summed E-state index contributed by atoms with van der Waals surface area (Å²) in [6.07, 6.45) is 4.92. The van der Waals surface area contributed by atoms with Gasteiger partial charge in [0.15, 0.2) is 11.0 Å². The predicted octanol–water partition coefficient (Wildman–Crippen LogP) is 2.56. The van der Waals surface area contributed by atoms with Crippen molar-refractivity contribution in [3.8, 4) is 0 Å². The maximum Gasteiger partial charge on any atom is 0.245 e. The number of hydrogen-bond donors (Lipinski definition) is 1. The van der Waals surface area contributed by atoms with Crippen molar-refractivity contribution in [2.75, 3.05) is 11.9 Å². The van der Waals surface area contributed by atoms with Gasteiger partial charge in [-0.05, 0) is 24.9 Å². The van der Waals surface area contributed by atoms with Crippen molar-refractivity contribution in [2.24, 2.45) is 0 Å². The molecular weight excluding hydrogens is 223 g/mol. The molecule has 4 nitrogen and oxygen atoms in total. The van der Waals surface area contributed by atoms with Crippen LogP contribution in [0.1, 0.15) is 13.3 Å². The van der Waals surface area contributed by atoms with Crippen LogP contribution in [-0.4, -0.2) is 21.7 Å². The molecule has 76 valence electrons. The van der Waals surface area contributed by atoms with E-state index in [9.17, 15) is 0 Å². The smallest absolute Gasteiger partial charge is 0.245 e. The molecule has 0 saturated heterocycles. The number of hydrogen-bond acceptors (Lipinski definition) is 4. The molecule has 1 rings (SSSR count). The highest BCUT2D eigenvalue weighted by atomic mass is 35.5. The van der Waals surface area contributed by atoms with Gasteiger partial charge < -0.3 is 5.32 Å². The lowest BCUT2D eigenvalue weighted by atomic mass is 10.4. The van der Waals surface area contributed by atoms with E-state index in [0.29, 0.717) is 5.82 Å². The minimum absolute atomic E-state index is 0.0860. The van der Waals surface area contributed by atoms with Crippen LogP contribution in [-0.2, 0) is 0 Å². The first kappa shape index (κ1) is 11.2. The molecule has 0 atom stereocenters. The monoisotopic (exact) mass is 232 g/mol. The summed E-state index contributed by atoms with van der Waals surface area (Å²) >= 11 is 11.3. The third kappa shape index (κ3) is 3.47. The van der Waals surface area contributed by atoms with Gasteiger partial charge in [0.25, 0.3) is 0 Å². The number of allylic oxidation sites excluding steroid dienone is 1.